The standard InChI is InChI=1S/C16H22O3/c1-6-12-7-9-13(10-8-12)15(4)16(19-15,11(2)3)14(17)18-5/h7-11H,6H2,1-5H3. The fraction of sp³-hybridized carbons (Fsp3) is 0.562. The summed E-state index contributed by atoms with van der Waals surface area (Å²) in [6.45, 7) is 8.06. The quantitative estimate of drug-likeness (QED) is 0.618. The minimum absolute atomic E-state index is 0.0656. The van der Waals surface area contributed by atoms with Crippen LogP contribution in [0.2, 0.25) is 0 Å². The van der Waals surface area contributed by atoms with Crippen LogP contribution in [0.1, 0.15) is 38.8 Å². The average Bonchev–Trinajstić information content (AvgIpc) is 3.07. The lowest BCUT2D eigenvalue weighted by atomic mass is 9.80. The highest BCUT2D eigenvalue weighted by molar-refractivity contribution is 5.85. The number of hydrogen-bond acceptors (Lipinski definition) is 3. The van der Waals surface area contributed by atoms with Crippen molar-refractivity contribution in [1.82, 2.24) is 0 Å². The van der Waals surface area contributed by atoms with Gasteiger partial charge in [0.15, 0.2) is 0 Å². The van der Waals surface area contributed by atoms with Gasteiger partial charge in [0.2, 0.25) is 5.60 Å². The number of aryl methyl sites for hydroxylation is 1. The fourth-order valence-corrected chi connectivity index (χ4v) is 2.92. The van der Waals surface area contributed by atoms with E-state index >= 15 is 0 Å². The Balaban J connectivity index is 2.36. The molecule has 2 atom stereocenters. The molecule has 2 rings (SSSR count). The maximum Gasteiger partial charge on any atom is 0.341 e. The summed E-state index contributed by atoms with van der Waals surface area (Å²) in [4.78, 5) is 12.1. The van der Waals surface area contributed by atoms with Crippen LogP contribution in [0.25, 0.3) is 0 Å². The Morgan fingerprint density at radius 1 is 1.32 bits per heavy atom. The maximum atomic E-state index is 12.1. The van der Waals surface area contributed by atoms with Gasteiger partial charge in [-0.2, -0.15) is 0 Å². The van der Waals surface area contributed by atoms with Crippen molar-refractivity contribution in [3.63, 3.8) is 0 Å². The van der Waals surface area contributed by atoms with Crippen molar-refractivity contribution >= 4 is 5.97 Å². The summed E-state index contributed by atoms with van der Waals surface area (Å²) in [6, 6.07) is 8.27. The van der Waals surface area contributed by atoms with E-state index < -0.39 is 11.2 Å². The molecule has 0 N–H and O–H groups in total. The number of ether oxygens (including phenoxy) is 2. The zero-order valence-corrected chi connectivity index (χ0v) is 12.3. The van der Waals surface area contributed by atoms with Crippen LogP contribution in [0.4, 0.5) is 0 Å². The van der Waals surface area contributed by atoms with Gasteiger partial charge in [-0.15, -0.1) is 0 Å². The van der Waals surface area contributed by atoms with Crippen molar-refractivity contribution in [2.45, 2.75) is 45.3 Å². The second-order valence-electron chi connectivity index (χ2n) is 5.57. The molecule has 0 spiro atoms. The third kappa shape index (κ3) is 1.88. The smallest absolute Gasteiger partial charge is 0.341 e. The Morgan fingerprint density at radius 3 is 2.32 bits per heavy atom. The highest BCUT2D eigenvalue weighted by Gasteiger charge is 2.75. The van der Waals surface area contributed by atoms with Gasteiger partial charge in [0.25, 0.3) is 0 Å². The first-order valence-corrected chi connectivity index (χ1v) is 6.80. The Kier molecular flexibility index (Phi) is 3.43. The summed E-state index contributed by atoms with van der Waals surface area (Å²) in [5.74, 6) is -0.222. The zero-order valence-electron chi connectivity index (χ0n) is 12.3. The molecule has 2 unspecified atom stereocenters. The molecule has 1 aliphatic rings. The van der Waals surface area contributed by atoms with Gasteiger partial charge < -0.3 is 9.47 Å². The topological polar surface area (TPSA) is 38.8 Å². The van der Waals surface area contributed by atoms with E-state index in [0.29, 0.717) is 0 Å². The van der Waals surface area contributed by atoms with Gasteiger partial charge in [-0.05, 0) is 30.4 Å². The minimum Gasteiger partial charge on any atom is -0.467 e. The van der Waals surface area contributed by atoms with Crippen LogP contribution in [0.15, 0.2) is 24.3 Å². The van der Waals surface area contributed by atoms with Gasteiger partial charge in [-0.3, -0.25) is 0 Å². The van der Waals surface area contributed by atoms with Gasteiger partial charge in [0, 0.05) is 0 Å². The number of methoxy groups -OCH3 is 1. The second-order valence-corrected chi connectivity index (χ2v) is 5.57. The average molecular weight is 262 g/mol. The second kappa shape index (κ2) is 4.64. The molecule has 0 radical (unpaired) electrons. The van der Waals surface area contributed by atoms with Crippen molar-refractivity contribution in [3.8, 4) is 0 Å². The predicted molar refractivity (Wildman–Crippen MR) is 73.8 cm³/mol. The lowest BCUT2D eigenvalue weighted by Crippen LogP contribution is -2.37. The minimum atomic E-state index is -0.852. The number of epoxide rings is 1. The van der Waals surface area contributed by atoms with Crippen molar-refractivity contribution in [3.05, 3.63) is 35.4 Å². The molecule has 3 nitrogen and oxygen atoms in total. The third-order valence-corrected chi connectivity index (χ3v) is 4.25. The molecule has 1 saturated heterocycles. The van der Waals surface area contributed by atoms with Gasteiger partial charge >= 0.3 is 5.97 Å². The van der Waals surface area contributed by atoms with Gasteiger partial charge in [-0.1, -0.05) is 45.0 Å². The van der Waals surface area contributed by atoms with E-state index in [4.69, 9.17) is 9.47 Å². The number of esters is 1. The van der Waals surface area contributed by atoms with E-state index in [1.165, 1.54) is 12.7 Å². The molecule has 0 aliphatic carbocycles. The van der Waals surface area contributed by atoms with Crippen LogP contribution in [0.5, 0.6) is 0 Å². The molecule has 0 bridgehead atoms. The first kappa shape index (κ1) is 14.1. The van der Waals surface area contributed by atoms with E-state index in [1.807, 2.05) is 32.9 Å². The van der Waals surface area contributed by atoms with Crippen molar-refractivity contribution < 1.29 is 14.3 Å². The highest BCUT2D eigenvalue weighted by atomic mass is 16.7. The molecule has 1 aliphatic heterocycles. The number of hydrogen-bond donors (Lipinski definition) is 0. The lowest BCUT2D eigenvalue weighted by Gasteiger charge is -2.19. The maximum absolute atomic E-state index is 12.1. The van der Waals surface area contributed by atoms with E-state index in [1.54, 1.807) is 0 Å². The molecule has 0 aromatic heterocycles. The largest absolute Gasteiger partial charge is 0.467 e. The van der Waals surface area contributed by atoms with Gasteiger partial charge in [-0.25, -0.2) is 4.79 Å². The van der Waals surface area contributed by atoms with Crippen molar-refractivity contribution in [2.75, 3.05) is 7.11 Å². The van der Waals surface area contributed by atoms with Gasteiger partial charge in [0.1, 0.15) is 5.60 Å². The summed E-state index contributed by atoms with van der Waals surface area (Å²) in [6.07, 6.45) is 1.00. The molecule has 19 heavy (non-hydrogen) atoms. The predicted octanol–water partition coefficient (Wildman–Crippen LogP) is 3.06. The molecule has 1 heterocycles. The summed E-state index contributed by atoms with van der Waals surface area (Å²) in [5, 5.41) is 0. The Bertz CT molecular complexity index is 477. The van der Waals surface area contributed by atoms with Crippen LogP contribution in [0.3, 0.4) is 0 Å². The molecule has 104 valence electrons. The number of benzene rings is 1. The van der Waals surface area contributed by atoms with Crippen molar-refractivity contribution in [2.24, 2.45) is 5.92 Å². The zero-order chi connectivity index (χ0) is 14.3. The molecule has 0 amide bonds. The molecule has 0 saturated carbocycles. The normalized spacial score (nSPS) is 29.4. The number of carbonyl (C=O) groups excluding carboxylic acids is 1. The molecule has 1 aromatic carbocycles. The monoisotopic (exact) mass is 262 g/mol. The van der Waals surface area contributed by atoms with Crippen LogP contribution in [-0.4, -0.2) is 18.7 Å². The summed E-state index contributed by atoms with van der Waals surface area (Å²) >= 11 is 0. The molecule has 1 fully saturated rings. The van der Waals surface area contributed by atoms with Crippen LogP contribution < -0.4 is 0 Å². The summed E-state index contributed by atoms with van der Waals surface area (Å²) < 4.78 is 10.8. The Morgan fingerprint density at radius 2 is 1.89 bits per heavy atom. The van der Waals surface area contributed by atoms with E-state index in [2.05, 4.69) is 19.1 Å². The Hall–Kier alpha value is -1.35. The molecular formula is C16H22O3. The Labute approximate surface area is 114 Å². The number of carbonyl (C=O) groups is 1. The fourth-order valence-electron chi connectivity index (χ4n) is 2.92. The van der Waals surface area contributed by atoms with Crippen molar-refractivity contribution in [1.29, 1.82) is 0 Å². The third-order valence-electron chi connectivity index (χ3n) is 4.25. The van der Waals surface area contributed by atoms with Crippen LogP contribution in [0, 0.1) is 5.92 Å². The summed E-state index contributed by atoms with van der Waals surface area (Å²) in [5.41, 5.74) is 0.876. The SMILES string of the molecule is CCc1ccc(C2(C)OC2(C(=O)OC)C(C)C)cc1. The first-order chi connectivity index (χ1) is 8.92. The highest BCUT2D eigenvalue weighted by Crippen LogP contribution is 2.60. The molecular weight excluding hydrogens is 240 g/mol. The lowest BCUT2D eigenvalue weighted by molar-refractivity contribution is -0.148. The summed E-state index contributed by atoms with van der Waals surface area (Å²) in [7, 11) is 1.41. The van der Waals surface area contributed by atoms with E-state index in [9.17, 15) is 4.79 Å². The molecule has 3 heteroatoms. The van der Waals surface area contributed by atoms with E-state index in [-0.39, 0.29) is 11.9 Å². The molecule has 1 aromatic rings. The van der Waals surface area contributed by atoms with Crippen LogP contribution >= 0.6 is 0 Å². The first-order valence-electron chi connectivity index (χ1n) is 6.80. The van der Waals surface area contributed by atoms with Crippen LogP contribution in [-0.2, 0) is 26.3 Å². The van der Waals surface area contributed by atoms with Gasteiger partial charge in [0.05, 0.1) is 7.11 Å². The number of rotatable bonds is 4. The van der Waals surface area contributed by atoms with E-state index in [0.717, 1.165) is 12.0 Å².